The summed E-state index contributed by atoms with van der Waals surface area (Å²) in [7, 11) is 0. The number of nitrogen functional groups attached to an aromatic ring is 1. The van der Waals surface area contributed by atoms with Crippen LogP contribution in [0.25, 0.3) is 22.2 Å². The number of nitrogens with one attached hydrogen (secondary N) is 1. The van der Waals surface area contributed by atoms with Gasteiger partial charge >= 0.3 is 6.09 Å². The second-order valence-electron chi connectivity index (χ2n) is 9.70. The molecular weight excluding hydrogens is 458 g/mol. The van der Waals surface area contributed by atoms with Crippen LogP contribution in [0.3, 0.4) is 0 Å². The molecule has 1 saturated carbocycles. The maximum atomic E-state index is 12.2. The Balaban J connectivity index is 1.37. The van der Waals surface area contributed by atoms with Gasteiger partial charge in [-0.05, 0) is 68.9 Å². The zero-order chi connectivity index (χ0) is 25.1. The summed E-state index contributed by atoms with van der Waals surface area (Å²) in [6.45, 7) is 3.18. The minimum atomic E-state index is -0.492. The number of carbonyl (C=O) groups is 1. The van der Waals surface area contributed by atoms with Gasteiger partial charge < -0.3 is 29.6 Å². The van der Waals surface area contributed by atoms with Crippen molar-refractivity contribution in [3.63, 3.8) is 0 Å². The number of carbonyl (C=O) groups excluding carboxylic acids is 1. The van der Waals surface area contributed by atoms with Crippen molar-refractivity contribution >= 4 is 28.4 Å². The quantitative estimate of drug-likeness (QED) is 0.364. The summed E-state index contributed by atoms with van der Waals surface area (Å²) in [5.74, 6) is 0.695. The number of amides is 1. The van der Waals surface area contributed by atoms with E-state index in [-0.39, 0.29) is 19.3 Å². The van der Waals surface area contributed by atoms with Crippen molar-refractivity contribution in [3.05, 3.63) is 42.5 Å². The van der Waals surface area contributed by atoms with E-state index in [2.05, 4.69) is 16.0 Å². The van der Waals surface area contributed by atoms with Crippen LogP contribution in [0.2, 0.25) is 0 Å². The predicted octanol–water partition coefficient (Wildman–Crippen LogP) is 5.49. The summed E-state index contributed by atoms with van der Waals surface area (Å²) in [6.07, 6.45) is 5.04. The van der Waals surface area contributed by atoms with Gasteiger partial charge in [0.2, 0.25) is 0 Å². The number of rotatable bonds is 9. The van der Waals surface area contributed by atoms with Crippen LogP contribution in [0.4, 0.5) is 16.2 Å². The van der Waals surface area contributed by atoms with Crippen LogP contribution in [0.1, 0.15) is 51.5 Å². The molecular formula is C28H35N3O5. The van der Waals surface area contributed by atoms with Gasteiger partial charge in [0.15, 0.2) is 0 Å². The highest BCUT2D eigenvalue weighted by molar-refractivity contribution is 6.02. The lowest BCUT2D eigenvalue weighted by Crippen LogP contribution is -2.21. The molecule has 0 bridgehead atoms. The smallest absolute Gasteiger partial charge is 0.411 e. The van der Waals surface area contributed by atoms with Crippen LogP contribution in [0.15, 0.2) is 42.5 Å². The number of hydrogen-bond donors (Lipinski definition) is 3. The Hall–Kier alpha value is -3.23. The van der Waals surface area contributed by atoms with Crippen LogP contribution in [0.5, 0.6) is 5.75 Å². The first-order valence-corrected chi connectivity index (χ1v) is 12.9. The zero-order valence-corrected chi connectivity index (χ0v) is 20.7. The van der Waals surface area contributed by atoms with Gasteiger partial charge in [0.1, 0.15) is 19.0 Å². The molecule has 1 aliphatic carbocycles. The minimum Gasteiger partial charge on any atom is -0.491 e. The molecule has 2 atom stereocenters. The van der Waals surface area contributed by atoms with Crippen molar-refractivity contribution in [2.24, 2.45) is 0 Å². The molecule has 8 nitrogen and oxygen atoms in total. The molecule has 0 radical (unpaired) electrons. The Morgan fingerprint density at radius 3 is 2.67 bits per heavy atom. The summed E-state index contributed by atoms with van der Waals surface area (Å²) in [6, 6.07) is 14.1. The van der Waals surface area contributed by atoms with Crippen molar-refractivity contribution in [3.8, 4) is 17.0 Å². The molecule has 2 fully saturated rings. The van der Waals surface area contributed by atoms with E-state index in [4.69, 9.17) is 19.9 Å². The molecule has 192 valence electrons. The Morgan fingerprint density at radius 2 is 2.00 bits per heavy atom. The topological polar surface area (TPSA) is 108 Å². The highest BCUT2D eigenvalue weighted by atomic mass is 16.6. The van der Waals surface area contributed by atoms with Gasteiger partial charge in [0.25, 0.3) is 0 Å². The number of nitrogens with two attached hydrogens (primary N) is 1. The number of aliphatic hydroxyl groups excluding tert-OH is 1. The van der Waals surface area contributed by atoms with Crippen molar-refractivity contribution < 1.29 is 24.1 Å². The van der Waals surface area contributed by atoms with E-state index in [0.29, 0.717) is 29.6 Å². The molecule has 2 aromatic carbocycles. The average Bonchev–Trinajstić information content (AvgIpc) is 3.48. The molecule has 8 heteroatoms. The fourth-order valence-electron chi connectivity index (χ4n) is 4.85. The van der Waals surface area contributed by atoms with Gasteiger partial charge in [-0.25, -0.2) is 4.79 Å². The highest BCUT2D eigenvalue weighted by Crippen LogP contribution is 2.45. The van der Waals surface area contributed by atoms with Gasteiger partial charge in [0, 0.05) is 29.3 Å². The van der Waals surface area contributed by atoms with Gasteiger partial charge in [-0.15, -0.1) is 0 Å². The summed E-state index contributed by atoms with van der Waals surface area (Å²) < 4.78 is 19.0. The monoisotopic (exact) mass is 493 g/mol. The fraction of sp³-hybridized carbons (Fsp3) is 0.464. The number of anilines is 2. The van der Waals surface area contributed by atoms with Crippen LogP contribution >= 0.6 is 0 Å². The SMILES string of the molecule is CCC(O)COc1ccc2c(c1)c(N)c(-c1ccc(NC(=O)OC[C@H]3CCCO3)cc1)n2C1CCC1. The van der Waals surface area contributed by atoms with Gasteiger partial charge in [0.05, 0.1) is 29.1 Å². The van der Waals surface area contributed by atoms with Crippen molar-refractivity contribution in [2.75, 3.05) is 30.9 Å². The van der Waals surface area contributed by atoms with E-state index in [1.54, 1.807) is 0 Å². The van der Waals surface area contributed by atoms with Gasteiger partial charge in [-0.2, -0.15) is 0 Å². The third kappa shape index (κ3) is 5.15. The maximum absolute atomic E-state index is 12.2. The Labute approximate surface area is 211 Å². The Bertz CT molecular complexity index is 1200. The first-order valence-electron chi connectivity index (χ1n) is 12.9. The van der Waals surface area contributed by atoms with Crippen molar-refractivity contribution in [2.45, 2.75) is 63.7 Å². The van der Waals surface area contributed by atoms with Crippen molar-refractivity contribution in [1.82, 2.24) is 4.57 Å². The number of nitrogens with zero attached hydrogens (tertiary/aromatic N) is 1. The summed E-state index contributed by atoms with van der Waals surface area (Å²) in [5, 5.41) is 13.6. The minimum absolute atomic E-state index is 0.00264. The number of benzene rings is 2. The second kappa shape index (κ2) is 10.8. The average molecular weight is 494 g/mol. The summed E-state index contributed by atoms with van der Waals surface area (Å²) >= 11 is 0. The molecule has 3 aromatic rings. The third-order valence-corrected chi connectivity index (χ3v) is 7.20. The first kappa shape index (κ1) is 24.5. The molecule has 1 saturated heterocycles. The number of aliphatic hydroxyl groups is 1. The van der Waals surface area contributed by atoms with E-state index >= 15 is 0 Å². The molecule has 1 unspecified atom stereocenters. The van der Waals surface area contributed by atoms with E-state index in [1.807, 2.05) is 43.3 Å². The molecule has 2 aliphatic rings. The number of hydrogen-bond acceptors (Lipinski definition) is 6. The maximum Gasteiger partial charge on any atom is 0.411 e. The molecule has 1 amide bonds. The molecule has 1 aromatic heterocycles. The molecule has 1 aliphatic heterocycles. The Morgan fingerprint density at radius 1 is 1.19 bits per heavy atom. The van der Waals surface area contributed by atoms with Crippen LogP contribution < -0.4 is 15.8 Å². The fourth-order valence-corrected chi connectivity index (χ4v) is 4.85. The number of ether oxygens (including phenoxy) is 3. The number of aromatic nitrogens is 1. The predicted molar refractivity (Wildman–Crippen MR) is 140 cm³/mol. The molecule has 2 heterocycles. The van der Waals surface area contributed by atoms with Crippen LogP contribution in [-0.2, 0) is 9.47 Å². The van der Waals surface area contributed by atoms with Crippen molar-refractivity contribution in [1.29, 1.82) is 0 Å². The second-order valence-corrected chi connectivity index (χ2v) is 9.70. The Kier molecular flexibility index (Phi) is 7.34. The van der Waals surface area contributed by atoms with Crippen LogP contribution in [0, 0.1) is 0 Å². The number of fused-ring (bicyclic) bond motifs is 1. The van der Waals surface area contributed by atoms with Gasteiger partial charge in [-0.1, -0.05) is 19.1 Å². The highest BCUT2D eigenvalue weighted by Gasteiger charge is 2.27. The van der Waals surface area contributed by atoms with Gasteiger partial charge in [-0.3, -0.25) is 5.32 Å². The molecule has 5 rings (SSSR count). The van der Waals surface area contributed by atoms with Crippen LogP contribution in [-0.4, -0.2) is 47.8 Å². The molecule has 0 spiro atoms. The normalized spacial score (nSPS) is 18.7. The summed E-state index contributed by atoms with van der Waals surface area (Å²) in [4.78, 5) is 12.2. The first-order chi connectivity index (χ1) is 17.5. The van der Waals surface area contributed by atoms with E-state index in [9.17, 15) is 9.90 Å². The van der Waals surface area contributed by atoms with E-state index in [0.717, 1.165) is 54.5 Å². The van der Waals surface area contributed by atoms with E-state index < -0.39 is 12.2 Å². The lowest BCUT2D eigenvalue weighted by Gasteiger charge is -2.30. The molecule has 36 heavy (non-hydrogen) atoms. The standard InChI is InChI=1S/C28H35N3O5/c1-2-21(32)16-35-22-12-13-25-24(15-22)26(29)27(31(25)20-5-3-6-20)18-8-10-19(11-9-18)30-28(33)36-17-23-7-4-14-34-23/h8-13,15,20-21,23,32H,2-7,14,16-17,29H2,1H3,(H,30,33)/t21?,23-/m1/s1. The lowest BCUT2D eigenvalue weighted by molar-refractivity contribution is 0.0484. The lowest BCUT2D eigenvalue weighted by atomic mass is 9.92. The zero-order valence-electron chi connectivity index (χ0n) is 20.7. The van der Waals surface area contributed by atoms with E-state index in [1.165, 1.54) is 6.42 Å². The summed E-state index contributed by atoms with van der Waals surface area (Å²) in [5.41, 5.74) is 11.1. The molecule has 4 N–H and O–H groups in total. The largest absolute Gasteiger partial charge is 0.491 e. The third-order valence-electron chi connectivity index (χ3n) is 7.20.